The van der Waals surface area contributed by atoms with E-state index in [1.165, 1.54) is 12.8 Å². The van der Waals surface area contributed by atoms with Crippen molar-refractivity contribution >= 4 is 28.9 Å². The van der Waals surface area contributed by atoms with E-state index in [2.05, 4.69) is 36.6 Å². The molecule has 0 radical (unpaired) electrons. The molecule has 0 bridgehead atoms. The lowest BCUT2D eigenvalue weighted by atomic mass is 9.99. The molecule has 1 aliphatic rings. The van der Waals surface area contributed by atoms with Crippen LogP contribution >= 0.6 is 23.2 Å². The Balaban J connectivity index is 1.95. The summed E-state index contributed by atoms with van der Waals surface area (Å²) in [4.78, 5) is 4.86. The Labute approximate surface area is 214 Å². The van der Waals surface area contributed by atoms with Crippen LogP contribution in [-0.2, 0) is 11.3 Å². The molecule has 2 aromatic rings. The fourth-order valence-corrected chi connectivity index (χ4v) is 5.03. The van der Waals surface area contributed by atoms with Crippen LogP contribution in [0.4, 0.5) is 5.69 Å². The third-order valence-corrected chi connectivity index (χ3v) is 6.61. The van der Waals surface area contributed by atoms with Crippen LogP contribution in [0.1, 0.15) is 45.6 Å². The number of methoxy groups -OCH3 is 2. The fraction of sp³-hybridized carbons (Fsp3) is 0.556. The quantitative estimate of drug-likeness (QED) is 0.308. The largest absolute Gasteiger partial charge is 0.493 e. The number of nitrogens with zero attached hydrogens (tertiary/aromatic N) is 2. The van der Waals surface area contributed by atoms with Crippen LogP contribution in [0, 0.1) is 5.41 Å². The molecule has 1 atom stereocenters. The molecule has 0 aliphatic carbocycles. The second-order valence-electron chi connectivity index (χ2n) is 10.0. The number of anilines is 1. The number of halogens is 2. The Kier molecular flexibility index (Phi) is 9.78. The molecule has 3 rings (SSSR count). The second-order valence-corrected chi connectivity index (χ2v) is 10.8. The molecule has 1 heterocycles. The summed E-state index contributed by atoms with van der Waals surface area (Å²) < 4.78 is 17.1. The summed E-state index contributed by atoms with van der Waals surface area (Å²) >= 11 is 13.5. The molecule has 7 heteroatoms. The van der Waals surface area contributed by atoms with Gasteiger partial charge in [-0.15, -0.1) is 0 Å². The Bertz CT molecular complexity index is 906. The maximum atomic E-state index is 6.75. The highest BCUT2D eigenvalue weighted by molar-refractivity contribution is 6.39. The van der Waals surface area contributed by atoms with Gasteiger partial charge in [0.15, 0.2) is 11.5 Å². The van der Waals surface area contributed by atoms with Crippen LogP contribution in [-0.4, -0.2) is 51.6 Å². The molecule has 0 aromatic heterocycles. The van der Waals surface area contributed by atoms with E-state index in [0.29, 0.717) is 34.7 Å². The van der Waals surface area contributed by atoms with Crippen LogP contribution < -0.4 is 14.4 Å². The van der Waals surface area contributed by atoms with E-state index >= 15 is 0 Å². The topological polar surface area (TPSA) is 34.2 Å². The van der Waals surface area contributed by atoms with Crippen molar-refractivity contribution in [1.82, 2.24) is 4.90 Å². The van der Waals surface area contributed by atoms with E-state index in [4.69, 9.17) is 37.4 Å². The minimum atomic E-state index is 0.105. The first kappa shape index (κ1) is 26.9. The summed E-state index contributed by atoms with van der Waals surface area (Å²) in [7, 11) is 3.30. The maximum absolute atomic E-state index is 6.75. The molecule has 0 saturated carbocycles. The maximum Gasteiger partial charge on any atom is 0.161 e. The molecule has 1 aliphatic heterocycles. The predicted octanol–water partition coefficient (Wildman–Crippen LogP) is 6.89. The summed E-state index contributed by atoms with van der Waals surface area (Å²) in [5.74, 6) is 1.41. The summed E-state index contributed by atoms with van der Waals surface area (Å²) in [6.45, 7) is 10.7. The van der Waals surface area contributed by atoms with Gasteiger partial charge in [0.05, 0.1) is 42.7 Å². The second kappa shape index (κ2) is 12.3. The highest BCUT2D eigenvalue weighted by Gasteiger charge is 2.30. The Morgan fingerprint density at radius 1 is 0.971 bits per heavy atom. The average Bonchev–Trinajstić information content (AvgIpc) is 3.32. The first-order valence-corrected chi connectivity index (χ1v) is 12.7. The Hall–Kier alpha value is -1.66. The fourth-order valence-electron chi connectivity index (χ4n) is 4.41. The highest BCUT2D eigenvalue weighted by Crippen LogP contribution is 2.38. The molecule has 2 aromatic carbocycles. The Morgan fingerprint density at radius 3 is 2.21 bits per heavy atom. The van der Waals surface area contributed by atoms with Crippen molar-refractivity contribution in [3.05, 3.63) is 52.0 Å². The van der Waals surface area contributed by atoms with E-state index in [0.717, 1.165) is 37.4 Å². The number of likely N-dealkylation sites (tertiary alicyclic amines) is 1. The standard InChI is InChI=1S/C27H38Cl2N2O3/c1-27(2,3)19-34-16-13-25(30-14-6-7-15-30)31(26-21(28)9-8-10-22(26)29)18-20-11-12-23(32-4)24(17-20)33-5/h8-12,17,25H,6-7,13-16,18-19H2,1-5H3. The van der Waals surface area contributed by atoms with Gasteiger partial charge in [-0.05, 0) is 48.1 Å². The Morgan fingerprint density at radius 2 is 1.62 bits per heavy atom. The molecule has 5 nitrogen and oxygen atoms in total. The van der Waals surface area contributed by atoms with Gasteiger partial charge in [0.25, 0.3) is 0 Å². The van der Waals surface area contributed by atoms with E-state index in [1.54, 1.807) is 14.2 Å². The lowest BCUT2D eigenvalue weighted by Gasteiger charge is -2.40. The van der Waals surface area contributed by atoms with E-state index < -0.39 is 0 Å². The minimum absolute atomic E-state index is 0.105. The van der Waals surface area contributed by atoms with E-state index in [-0.39, 0.29) is 11.6 Å². The van der Waals surface area contributed by atoms with Gasteiger partial charge < -0.3 is 19.1 Å². The van der Waals surface area contributed by atoms with Crippen LogP contribution in [0.3, 0.4) is 0 Å². The van der Waals surface area contributed by atoms with Gasteiger partial charge in [0.1, 0.15) is 0 Å². The lowest BCUT2D eigenvalue weighted by Crippen LogP contribution is -2.48. The predicted molar refractivity (Wildman–Crippen MR) is 142 cm³/mol. The van der Waals surface area contributed by atoms with Gasteiger partial charge in [-0.2, -0.15) is 0 Å². The summed E-state index contributed by atoms with van der Waals surface area (Å²) in [5.41, 5.74) is 2.08. The van der Waals surface area contributed by atoms with Crippen LogP contribution in [0.2, 0.25) is 10.0 Å². The average molecular weight is 510 g/mol. The first-order valence-electron chi connectivity index (χ1n) is 12.0. The molecule has 1 fully saturated rings. The summed E-state index contributed by atoms with van der Waals surface area (Å²) in [5, 5.41) is 1.29. The van der Waals surface area contributed by atoms with Gasteiger partial charge in [0.2, 0.25) is 0 Å². The zero-order valence-corrected chi connectivity index (χ0v) is 22.6. The number of hydrogen-bond donors (Lipinski definition) is 0. The number of para-hydroxylation sites is 1. The van der Waals surface area contributed by atoms with Gasteiger partial charge in [-0.3, -0.25) is 4.90 Å². The third kappa shape index (κ3) is 7.17. The molecule has 188 valence electrons. The van der Waals surface area contributed by atoms with Gasteiger partial charge in [0, 0.05) is 32.7 Å². The summed E-state index contributed by atoms with van der Waals surface area (Å²) in [6, 6.07) is 11.7. The van der Waals surface area contributed by atoms with Crippen molar-refractivity contribution in [3.8, 4) is 11.5 Å². The van der Waals surface area contributed by atoms with Gasteiger partial charge >= 0.3 is 0 Å². The number of rotatable bonds is 11. The number of benzene rings is 2. The van der Waals surface area contributed by atoms with Crippen molar-refractivity contribution in [2.45, 2.75) is 52.7 Å². The van der Waals surface area contributed by atoms with Gasteiger partial charge in [-0.1, -0.05) is 56.1 Å². The molecule has 34 heavy (non-hydrogen) atoms. The summed E-state index contributed by atoms with van der Waals surface area (Å²) in [6.07, 6.45) is 3.35. The van der Waals surface area contributed by atoms with E-state index in [1.807, 2.05) is 30.3 Å². The van der Waals surface area contributed by atoms with Crippen molar-refractivity contribution in [3.63, 3.8) is 0 Å². The molecule has 0 amide bonds. The molecular formula is C27H38Cl2N2O3. The highest BCUT2D eigenvalue weighted by atomic mass is 35.5. The van der Waals surface area contributed by atoms with Crippen LogP contribution in [0.5, 0.6) is 11.5 Å². The van der Waals surface area contributed by atoms with Crippen molar-refractivity contribution in [2.24, 2.45) is 5.41 Å². The monoisotopic (exact) mass is 508 g/mol. The minimum Gasteiger partial charge on any atom is -0.493 e. The third-order valence-electron chi connectivity index (χ3n) is 6.00. The zero-order chi connectivity index (χ0) is 24.7. The number of ether oxygens (including phenoxy) is 3. The van der Waals surface area contributed by atoms with E-state index in [9.17, 15) is 0 Å². The number of hydrogen-bond acceptors (Lipinski definition) is 5. The smallest absolute Gasteiger partial charge is 0.161 e. The lowest BCUT2D eigenvalue weighted by molar-refractivity contribution is 0.0548. The zero-order valence-electron chi connectivity index (χ0n) is 21.1. The van der Waals surface area contributed by atoms with Crippen molar-refractivity contribution in [2.75, 3.05) is 45.4 Å². The van der Waals surface area contributed by atoms with Crippen LogP contribution in [0.25, 0.3) is 0 Å². The normalized spacial score (nSPS) is 15.4. The van der Waals surface area contributed by atoms with Crippen molar-refractivity contribution < 1.29 is 14.2 Å². The van der Waals surface area contributed by atoms with Gasteiger partial charge in [-0.25, -0.2) is 0 Å². The molecular weight excluding hydrogens is 471 g/mol. The first-order chi connectivity index (χ1) is 16.2. The molecule has 0 spiro atoms. The van der Waals surface area contributed by atoms with Crippen LogP contribution in [0.15, 0.2) is 36.4 Å². The molecule has 1 saturated heterocycles. The molecule has 0 N–H and O–H groups in total. The van der Waals surface area contributed by atoms with Crippen molar-refractivity contribution in [1.29, 1.82) is 0 Å². The molecule has 1 unspecified atom stereocenters. The SMILES string of the molecule is COc1ccc(CN(c2c(Cl)cccc2Cl)C(CCOCC(C)(C)C)N2CCCC2)cc1OC.